The number of nitrogens with zero attached hydrogens (tertiary/aromatic N) is 1. The second-order valence-electron chi connectivity index (χ2n) is 7.25. The Kier molecular flexibility index (Phi) is 5.50. The van der Waals surface area contributed by atoms with Crippen LogP contribution in [-0.2, 0) is 11.4 Å². The Morgan fingerprint density at radius 2 is 1.80 bits per heavy atom. The van der Waals surface area contributed by atoms with E-state index in [1.807, 2.05) is 51.1 Å². The highest BCUT2D eigenvalue weighted by Gasteiger charge is 2.31. The predicted octanol–water partition coefficient (Wildman–Crippen LogP) is 6.17. The molecule has 0 radical (unpaired) electrons. The van der Waals surface area contributed by atoms with E-state index in [0.717, 1.165) is 29.7 Å². The summed E-state index contributed by atoms with van der Waals surface area (Å²) >= 11 is 11.0. The van der Waals surface area contributed by atoms with Crippen molar-refractivity contribution < 1.29 is 4.55 Å². The molecule has 0 amide bonds. The molecule has 132 valence electrons. The van der Waals surface area contributed by atoms with E-state index in [9.17, 15) is 4.55 Å². The Morgan fingerprint density at radius 3 is 2.48 bits per heavy atom. The minimum Gasteiger partial charge on any atom is -0.591 e. The zero-order valence-corrected chi connectivity index (χ0v) is 16.9. The van der Waals surface area contributed by atoms with Gasteiger partial charge < -0.3 is 4.55 Å². The van der Waals surface area contributed by atoms with Crippen molar-refractivity contribution in [3.63, 3.8) is 0 Å². The largest absolute Gasteiger partial charge is 0.591 e. The van der Waals surface area contributed by atoms with Crippen LogP contribution in [0.5, 0.6) is 0 Å². The molecule has 2 atom stereocenters. The highest BCUT2D eigenvalue weighted by Crippen LogP contribution is 2.39. The molecule has 0 N–H and O–H groups in total. The van der Waals surface area contributed by atoms with Crippen LogP contribution in [0.1, 0.15) is 56.2 Å². The normalized spacial score (nSPS) is 20.4. The minimum atomic E-state index is -1.26. The molecule has 0 aliphatic heterocycles. The third-order valence-corrected chi connectivity index (χ3v) is 6.55. The maximum absolute atomic E-state index is 12.5. The van der Waals surface area contributed by atoms with Gasteiger partial charge in [0.2, 0.25) is 0 Å². The molecule has 2 aromatic carbocycles. The van der Waals surface area contributed by atoms with E-state index in [1.165, 1.54) is 5.56 Å². The first-order valence-electron chi connectivity index (χ1n) is 8.31. The highest BCUT2D eigenvalue weighted by atomic mass is 35.5. The fourth-order valence-corrected chi connectivity index (χ4v) is 4.01. The molecule has 2 nitrogen and oxygen atoms in total. The van der Waals surface area contributed by atoms with Crippen LogP contribution in [0.2, 0.25) is 10.0 Å². The Hall–Kier alpha value is -1.00. The summed E-state index contributed by atoms with van der Waals surface area (Å²) in [6, 6.07) is 14.1. The van der Waals surface area contributed by atoms with Crippen LogP contribution in [-0.4, -0.2) is 15.0 Å². The van der Waals surface area contributed by atoms with Crippen LogP contribution < -0.4 is 0 Å². The predicted molar refractivity (Wildman–Crippen MR) is 108 cm³/mol. The Labute approximate surface area is 162 Å². The summed E-state index contributed by atoms with van der Waals surface area (Å²) in [4.78, 5) is 0. The van der Waals surface area contributed by atoms with Gasteiger partial charge in [-0.1, -0.05) is 57.9 Å². The number of hydrogen-bond donors (Lipinski definition) is 0. The average Bonchev–Trinajstić information content (AvgIpc) is 2.57. The number of rotatable bonds is 2. The van der Waals surface area contributed by atoms with E-state index in [1.54, 1.807) is 0 Å². The van der Waals surface area contributed by atoms with E-state index in [2.05, 4.69) is 16.5 Å². The molecule has 0 bridgehead atoms. The number of fused-ring (bicyclic) bond motifs is 1. The summed E-state index contributed by atoms with van der Waals surface area (Å²) in [6.07, 6.45) is 1.71. The summed E-state index contributed by atoms with van der Waals surface area (Å²) in [7, 11) is 0. The zero-order valence-electron chi connectivity index (χ0n) is 14.6. The van der Waals surface area contributed by atoms with Gasteiger partial charge in [0.05, 0.1) is 15.8 Å². The standard InChI is InChI=1S/C20H21Cl2NOS/c1-20(2,3)25(24)23-19-11-9-14(15-6-4-5-7-16(15)19)13-8-10-17(21)18(22)12-13/h4-8,10,12,14H,9,11H2,1-3H3/b23-19+. The maximum Gasteiger partial charge on any atom is 0.144 e. The van der Waals surface area contributed by atoms with Gasteiger partial charge in [-0.2, -0.15) is 0 Å². The Bertz CT molecular complexity index is 814. The smallest absolute Gasteiger partial charge is 0.144 e. The van der Waals surface area contributed by atoms with Crippen LogP contribution in [0, 0.1) is 0 Å². The summed E-state index contributed by atoms with van der Waals surface area (Å²) < 4.78 is 16.7. The van der Waals surface area contributed by atoms with Gasteiger partial charge >= 0.3 is 0 Å². The van der Waals surface area contributed by atoms with Crippen LogP contribution in [0.3, 0.4) is 0 Å². The van der Waals surface area contributed by atoms with E-state index in [0.29, 0.717) is 10.0 Å². The van der Waals surface area contributed by atoms with E-state index >= 15 is 0 Å². The van der Waals surface area contributed by atoms with Gasteiger partial charge in [0.1, 0.15) is 16.1 Å². The van der Waals surface area contributed by atoms with Crippen LogP contribution in [0.4, 0.5) is 0 Å². The summed E-state index contributed by atoms with van der Waals surface area (Å²) in [5, 5.41) is 1.14. The highest BCUT2D eigenvalue weighted by molar-refractivity contribution is 7.91. The molecule has 1 aliphatic rings. The topological polar surface area (TPSA) is 35.4 Å². The van der Waals surface area contributed by atoms with Crippen molar-refractivity contribution >= 4 is 40.3 Å². The van der Waals surface area contributed by atoms with Crippen molar-refractivity contribution in [1.82, 2.24) is 0 Å². The molecular formula is C20H21Cl2NOS. The van der Waals surface area contributed by atoms with E-state index in [-0.39, 0.29) is 10.7 Å². The molecule has 2 aromatic rings. The monoisotopic (exact) mass is 393 g/mol. The van der Waals surface area contributed by atoms with Crippen molar-refractivity contribution in [2.75, 3.05) is 0 Å². The molecule has 0 fully saturated rings. The number of hydrogen-bond acceptors (Lipinski definition) is 2. The SMILES string of the molecule is CC(C)(C)[S+]([O-])/N=C1\CCC(c2ccc(Cl)c(Cl)c2)c2ccccc21. The molecule has 0 spiro atoms. The van der Waals surface area contributed by atoms with Crippen molar-refractivity contribution in [3.05, 3.63) is 69.2 Å². The Balaban J connectivity index is 2.02. The third kappa shape index (κ3) is 4.06. The second kappa shape index (κ2) is 7.32. The summed E-state index contributed by atoms with van der Waals surface area (Å²) in [5.74, 6) is 0.244. The van der Waals surface area contributed by atoms with Crippen LogP contribution in [0.25, 0.3) is 0 Å². The average molecular weight is 394 g/mol. The van der Waals surface area contributed by atoms with E-state index < -0.39 is 11.4 Å². The van der Waals surface area contributed by atoms with Gasteiger partial charge in [0, 0.05) is 11.5 Å². The van der Waals surface area contributed by atoms with Crippen molar-refractivity contribution in [1.29, 1.82) is 0 Å². The lowest BCUT2D eigenvalue weighted by molar-refractivity contribution is 0.561. The van der Waals surface area contributed by atoms with Crippen molar-refractivity contribution in [2.45, 2.75) is 44.3 Å². The van der Waals surface area contributed by atoms with Gasteiger partial charge in [-0.05, 0) is 56.9 Å². The second-order valence-corrected chi connectivity index (χ2v) is 9.97. The summed E-state index contributed by atoms with van der Waals surface area (Å²) in [6.45, 7) is 5.83. The maximum atomic E-state index is 12.5. The Morgan fingerprint density at radius 1 is 1.08 bits per heavy atom. The minimum absolute atomic E-state index is 0.244. The first-order chi connectivity index (χ1) is 11.8. The molecular weight excluding hydrogens is 373 g/mol. The van der Waals surface area contributed by atoms with Crippen molar-refractivity contribution in [3.8, 4) is 0 Å². The van der Waals surface area contributed by atoms with Crippen molar-refractivity contribution in [2.24, 2.45) is 4.40 Å². The van der Waals surface area contributed by atoms with Gasteiger partial charge in [-0.3, -0.25) is 0 Å². The first-order valence-corrected chi connectivity index (χ1v) is 10.2. The quantitative estimate of drug-likeness (QED) is 0.561. The molecule has 1 aliphatic carbocycles. The van der Waals surface area contributed by atoms with Gasteiger partial charge in [-0.25, -0.2) is 0 Å². The molecule has 25 heavy (non-hydrogen) atoms. The van der Waals surface area contributed by atoms with Crippen LogP contribution in [0.15, 0.2) is 46.9 Å². The molecule has 5 heteroatoms. The van der Waals surface area contributed by atoms with Gasteiger partial charge in [0.15, 0.2) is 0 Å². The fourth-order valence-electron chi connectivity index (χ4n) is 3.04. The van der Waals surface area contributed by atoms with Gasteiger partial charge in [0.25, 0.3) is 0 Å². The summed E-state index contributed by atoms with van der Waals surface area (Å²) in [5.41, 5.74) is 4.37. The number of benzene rings is 2. The third-order valence-electron chi connectivity index (χ3n) is 4.38. The van der Waals surface area contributed by atoms with Gasteiger partial charge in [-0.15, -0.1) is 0 Å². The van der Waals surface area contributed by atoms with Crippen LogP contribution >= 0.6 is 23.2 Å². The van der Waals surface area contributed by atoms with E-state index in [4.69, 9.17) is 23.2 Å². The number of halogens is 2. The fraction of sp³-hybridized carbons (Fsp3) is 0.350. The lowest BCUT2D eigenvalue weighted by Crippen LogP contribution is -2.28. The molecule has 3 rings (SSSR count). The first kappa shape index (κ1) is 18.8. The molecule has 0 saturated carbocycles. The molecule has 0 heterocycles. The zero-order chi connectivity index (χ0) is 18.2. The molecule has 0 aromatic heterocycles. The lowest BCUT2D eigenvalue weighted by atomic mass is 9.78. The lowest BCUT2D eigenvalue weighted by Gasteiger charge is -2.28. The molecule has 0 saturated heterocycles. The molecule has 2 unspecified atom stereocenters.